The van der Waals surface area contributed by atoms with Gasteiger partial charge in [0.1, 0.15) is 12.1 Å². The maximum atomic E-state index is 13.2. The van der Waals surface area contributed by atoms with Crippen molar-refractivity contribution in [3.05, 3.63) is 42.0 Å². The second-order valence-corrected chi connectivity index (χ2v) is 10.2. The highest BCUT2D eigenvalue weighted by molar-refractivity contribution is 9.08. The van der Waals surface area contributed by atoms with Gasteiger partial charge in [0.2, 0.25) is 17.7 Å². The van der Waals surface area contributed by atoms with Gasteiger partial charge in [-0.15, -0.1) is 0 Å². The number of halogens is 1. The average molecular weight is 638 g/mol. The van der Waals surface area contributed by atoms with Crippen LogP contribution in [0.25, 0.3) is 0 Å². The molecule has 7 amide bonds. The summed E-state index contributed by atoms with van der Waals surface area (Å²) in [4.78, 5) is 73.9. The molecule has 2 atom stereocenters. The molecule has 1 aromatic rings. The van der Waals surface area contributed by atoms with Crippen molar-refractivity contribution in [2.24, 2.45) is 11.7 Å². The summed E-state index contributed by atoms with van der Waals surface area (Å²) in [6.07, 6.45) is 2.89. The van der Waals surface area contributed by atoms with E-state index in [-0.39, 0.29) is 45.1 Å². The van der Waals surface area contributed by atoms with Gasteiger partial charge < -0.3 is 31.7 Å². The Balaban J connectivity index is 1.92. The molecule has 0 radical (unpaired) electrons. The topological polar surface area (TPSA) is 189 Å². The van der Waals surface area contributed by atoms with Crippen LogP contribution in [0.2, 0.25) is 0 Å². The van der Waals surface area contributed by atoms with E-state index in [1.807, 2.05) is 12.1 Å². The van der Waals surface area contributed by atoms with Gasteiger partial charge >= 0.3 is 6.03 Å². The Morgan fingerprint density at radius 3 is 2.22 bits per heavy atom. The fraction of sp³-hybridized carbons (Fsp3) is 0.481. The molecule has 0 aliphatic carbocycles. The van der Waals surface area contributed by atoms with Crippen LogP contribution in [0.4, 0.5) is 10.5 Å². The van der Waals surface area contributed by atoms with Crippen LogP contribution in [-0.4, -0.2) is 78.9 Å². The molecule has 6 N–H and O–H groups in total. The van der Waals surface area contributed by atoms with Crippen LogP contribution in [0.5, 0.6) is 0 Å². The number of nitrogens with two attached hydrogens (primary N) is 1. The summed E-state index contributed by atoms with van der Waals surface area (Å²) >= 11 is 3.37. The first-order valence-electron chi connectivity index (χ1n) is 13.2. The fourth-order valence-corrected chi connectivity index (χ4v) is 4.18. The molecular formula is C27H37BrN6O7. The molecule has 224 valence electrons. The zero-order valence-corrected chi connectivity index (χ0v) is 24.7. The third-order valence-corrected chi connectivity index (χ3v) is 6.72. The van der Waals surface area contributed by atoms with Gasteiger partial charge in [-0.05, 0) is 36.5 Å². The van der Waals surface area contributed by atoms with Gasteiger partial charge in [-0.3, -0.25) is 28.9 Å². The number of nitrogens with one attached hydrogen (secondary N) is 4. The molecule has 2 rings (SSSR count). The second kappa shape index (κ2) is 17.1. The Morgan fingerprint density at radius 1 is 0.976 bits per heavy atom. The van der Waals surface area contributed by atoms with Crippen molar-refractivity contribution >= 4 is 57.2 Å². The van der Waals surface area contributed by atoms with E-state index in [0.29, 0.717) is 17.4 Å². The molecule has 0 saturated carbocycles. The summed E-state index contributed by atoms with van der Waals surface area (Å²) in [7, 11) is 0. The first kappa shape index (κ1) is 33.4. The zero-order chi connectivity index (χ0) is 30.4. The maximum absolute atomic E-state index is 13.2. The van der Waals surface area contributed by atoms with Crippen molar-refractivity contribution < 1.29 is 33.5 Å². The van der Waals surface area contributed by atoms with Crippen molar-refractivity contribution in [2.75, 3.05) is 31.6 Å². The number of nitrogens with zero attached hydrogens (tertiary/aromatic N) is 1. The highest BCUT2D eigenvalue weighted by Gasteiger charge is 2.29. The van der Waals surface area contributed by atoms with Crippen LogP contribution in [-0.2, 0) is 34.0 Å². The number of ether oxygens (including phenoxy) is 1. The van der Waals surface area contributed by atoms with Crippen molar-refractivity contribution in [3.63, 3.8) is 0 Å². The predicted molar refractivity (Wildman–Crippen MR) is 155 cm³/mol. The van der Waals surface area contributed by atoms with E-state index in [4.69, 9.17) is 10.5 Å². The molecule has 1 aliphatic heterocycles. The van der Waals surface area contributed by atoms with Crippen molar-refractivity contribution in [2.45, 2.75) is 50.5 Å². The Labute approximate surface area is 247 Å². The maximum Gasteiger partial charge on any atom is 0.312 e. The Bertz CT molecular complexity index is 1110. The SMILES string of the molecule is CC(C)[C@H](NC(=O)CCOCCN1C(=O)C=CC1=O)C(=O)N[C@@H](CCCNC(N)=O)C(=O)Nc1ccc(CBr)cc1. The number of anilines is 1. The summed E-state index contributed by atoms with van der Waals surface area (Å²) in [6.45, 7) is 3.90. The highest BCUT2D eigenvalue weighted by Crippen LogP contribution is 2.13. The van der Waals surface area contributed by atoms with Crippen LogP contribution in [0.3, 0.4) is 0 Å². The van der Waals surface area contributed by atoms with E-state index in [2.05, 4.69) is 37.2 Å². The molecule has 0 saturated heterocycles. The molecule has 1 aliphatic rings. The fourth-order valence-electron chi connectivity index (χ4n) is 3.81. The number of alkyl halides is 1. The number of urea groups is 1. The summed E-state index contributed by atoms with van der Waals surface area (Å²) in [5, 5.41) is 11.3. The Morgan fingerprint density at radius 2 is 1.63 bits per heavy atom. The number of carbonyl (C=O) groups excluding carboxylic acids is 6. The van der Waals surface area contributed by atoms with Gasteiger partial charge in [0.15, 0.2) is 0 Å². The average Bonchev–Trinajstić information content (AvgIpc) is 3.25. The largest absolute Gasteiger partial charge is 0.379 e. The minimum atomic E-state index is -0.944. The van der Waals surface area contributed by atoms with Gasteiger partial charge in [0.05, 0.1) is 19.8 Å². The standard InChI is InChI=1S/C27H37BrN6O7/c1-17(2)24(33-21(35)11-14-41-15-13-34-22(36)9-10-23(34)37)26(39)32-20(4-3-12-30-27(29)40)25(38)31-19-7-5-18(16-28)6-8-19/h5-10,17,20,24H,3-4,11-16H2,1-2H3,(H,31,38)(H,32,39)(H,33,35)(H3,29,30,40)/t20-,24-/m0/s1. The Hall–Kier alpha value is -3.78. The van der Waals surface area contributed by atoms with Gasteiger partial charge in [0, 0.05) is 36.1 Å². The van der Waals surface area contributed by atoms with E-state index in [9.17, 15) is 28.8 Å². The molecule has 1 aromatic carbocycles. The van der Waals surface area contributed by atoms with E-state index in [1.54, 1.807) is 26.0 Å². The number of primary amides is 1. The zero-order valence-electron chi connectivity index (χ0n) is 23.1. The van der Waals surface area contributed by atoms with E-state index < -0.39 is 47.7 Å². The van der Waals surface area contributed by atoms with Crippen LogP contribution in [0.15, 0.2) is 36.4 Å². The minimum Gasteiger partial charge on any atom is -0.379 e. The van der Waals surface area contributed by atoms with Gasteiger partial charge in [-0.2, -0.15) is 0 Å². The van der Waals surface area contributed by atoms with Crippen LogP contribution in [0, 0.1) is 5.92 Å². The van der Waals surface area contributed by atoms with Gasteiger partial charge in [-0.25, -0.2) is 4.79 Å². The van der Waals surface area contributed by atoms with E-state index in [1.165, 1.54) is 12.2 Å². The number of benzene rings is 1. The number of carbonyl (C=O) groups is 6. The predicted octanol–water partition coefficient (Wildman–Crippen LogP) is 0.926. The minimum absolute atomic E-state index is 0.0215. The molecular weight excluding hydrogens is 600 g/mol. The van der Waals surface area contributed by atoms with Crippen molar-refractivity contribution in [3.8, 4) is 0 Å². The van der Waals surface area contributed by atoms with Crippen LogP contribution < -0.4 is 27.0 Å². The lowest BCUT2D eigenvalue weighted by atomic mass is 10.0. The van der Waals surface area contributed by atoms with Crippen LogP contribution >= 0.6 is 15.9 Å². The quantitative estimate of drug-likeness (QED) is 0.0954. The number of imide groups is 1. The molecule has 0 fully saturated rings. The lowest BCUT2D eigenvalue weighted by molar-refractivity contribution is -0.138. The van der Waals surface area contributed by atoms with Crippen LogP contribution in [0.1, 0.15) is 38.7 Å². The lowest BCUT2D eigenvalue weighted by Gasteiger charge is -2.25. The number of hydrogen-bond acceptors (Lipinski definition) is 7. The summed E-state index contributed by atoms with van der Waals surface area (Å²) in [5.41, 5.74) is 6.68. The van der Waals surface area contributed by atoms with E-state index >= 15 is 0 Å². The lowest BCUT2D eigenvalue weighted by Crippen LogP contribution is -2.54. The van der Waals surface area contributed by atoms with Crippen molar-refractivity contribution in [1.29, 1.82) is 0 Å². The molecule has 0 bridgehead atoms. The molecule has 0 spiro atoms. The third-order valence-electron chi connectivity index (χ3n) is 6.08. The summed E-state index contributed by atoms with van der Waals surface area (Å²) in [5.74, 6) is -2.54. The molecule has 0 aromatic heterocycles. The van der Waals surface area contributed by atoms with E-state index in [0.717, 1.165) is 10.5 Å². The highest BCUT2D eigenvalue weighted by atomic mass is 79.9. The summed E-state index contributed by atoms with van der Waals surface area (Å²) in [6, 6.07) is 4.64. The molecule has 13 nitrogen and oxygen atoms in total. The Kier molecular flexibility index (Phi) is 14.0. The third kappa shape index (κ3) is 11.7. The first-order chi connectivity index (χ1) is 19.5. The monoisotopic (exact) mass is 636 g/mol. The number of rotatable bonds is 17. The number of hydrogen-bond donors (Lipinski definition) is 5. The van der Waals surface area contributed by atoms with Gasteiger partial charge in [0.25, 0.3) is 11.8 Å². The van der Waals surface area contributed by atoms with Crippen molar-refractivity contribution in [1.82, 2.24) is 20.9 Å². The smallest absolute Gasteiger partial charge is 0.312 e. The molecule has 1 heterocycles. The molecule has 0 unspecified atom stereocenters. The molecule has 41 heavy (non-hydrogen) atoms. The first-order valence-corrected chi connectivity index (χ1v) is 14.3. The van der Waals surface area contributed by atoms with Gasteiger partial charge in [-0.1, -0.05) is 41.9 Å². The normalized spacial score (nSPS) is 14.1. The second-order valence-electron chi connectivity index (χ2n) is 9.63. The molecule has 14 heteroatoms. The summed E-state index contributed by atoms with van der Waals surface area (Å²) < 4.78 is 5.37. The number of amides is 7.